The third kappa shape index (κ3) is 4.50. The summed E-state index contributed by atoms with van der Waals surface area (Å²) in [5.41, 5.74) is 11.8. The topological polar surface area (TPSA) is 105 Å². The fourth-order valence-corrected chi connectivity index (χ4v) is 5.90. The Hall–Kier alpha value is -4.61. The molecular weight excluding hydrogens is 540 g/mol. The van der Waals surface area contributed by atoms with E-state index in [-0.39, 0.29) is 23.0 Å². The van der Waals surface area contributed by atoms with E-state index in [1.807, 2.05) is 6.07 Å². The van der Waals surface area contributed by atoms with Crippen LogP contribution in [0.4, 0.5) is 14.6 Å². The number of aromatic amines is 1. The van der Waals surface area contributed by atoms with E-state index >= 15 is 0 Å². The Morgan fingerprint density at radius 3 is 2.62 bits per heavy atom. The number of benzene rings is 2. The van der Waals surface area contributed by atoms with Crippen molar-refractivity contribution in [3.8, 4) is 17.3 Å². The van der Waals surface area contributed by atoms with Crippen LogP contribution in [0.25, 0.3) is 16.6 Å². The highest BCUT2D eigenvalue weighted by atomic mass is 19.1. The van der Waals surface area contributed by atoms with Crippen LogP contribution >= 0.6 is 0 Å². The van der Waals surface area contributed by atoms with Gasteiger partial charge in [-0.1, -0.05) is 6.07 Å². The van der Waals surface area contributed by atoms with Crippen molar-refractivity contribution in [3.05, 3.63) is 94.4 Å². The summed E-state index contributed by atoms with van der Waals surface area (Å²) in [6.45, 7) is 5.93. The molecule has 0 saturated carbocycles. The van der Waals surface area contributed by atoms with Crippen LogP contribution < -0.4 is 10.5 Å². The number of halogens is 2. The predicted octanol–water partition coefficient (Wildman–Crippen LogP) is 4.61. The van der Waals surface area contributed by atoms with Crippen molar-refractivity contribution >= 4 is 22.5 Å². The van der Waals surface area contributed by atoms with Gasteiger partial charge in [0, 0.05) is 49.2 Å². The number of nitrogens with zero attached hydrogens (tertiary/aromatic N) is 5. The lowest BCUT2D eigenvalue weighted by molar-refractivity contribution is 0.0435. The lowest BCUT2D eigenvalue weighted by Crippen LogP contribution is -2.58. The maximum Gasteiger partial charge on any atom is 0.219 e. The van der Waals surface area contributed by atoms with Crippen molar-refractivity contribution in [2.45, 2.75) is 25.9 Å². The van der Waals surface area contributed by atoms with Gasteiger partial charge in [0.15, 0.2) is 11.6 Å². The summed E-state index contributed by atoms with van der Waals surface area (Å²) in [6.07, 6.45) is 3.85. The first-order valence-electron chi connectivity index (χ1n) is 13.8. The van der Waals surface area contributed by atoms with Crippen molar-refractivity contribution < 1.29 is 18.3 Å². The lowest BCUT2D eigenvalue weighted by Gasteiger charge is -2.45. The number of H-pyrrole nitrogens is 1. The number of likely N-dealkylation sites (N-methyl/N-ethyl adjacent to an activating group) is 1. The van der Waals surface area contributed by atoms with E-state index in [0.29, 0.717) is 23.0 Å². The molecule has 0 aliphatic carbocycles. The zero-order chi connectivity index (χ0) is 29.1. The highest BCUT2D eigenvalue weighted by Gasteiger charge is 2.31. The number of fused-ring (bicyclic) bond motifs is 2. The van der Waals surface area contributed by atoms with Gasteiger partial charge in [-0.05, 0) is 67.4 Å². The average molecular weight is 570 g/mol. The number of hydrogen-bond donors (Lipinski definition) is 2. The summed E-state index contributed by atoms with van der Waals surface area (Å²) in [4.78, 5) is 25.9. The summed E-state index contributed by atoms with van der Waals surface area (Å²) >= 11 is 0. The SMILES string of the molecule is Cc1cc(Oc2c(F)cccc2F)ncc1-n1ncc(C(=O)c2cc3cc4c(cc3[nH]2)CN(C2CN(C)C2)CC4)c1N. The molecule has 1 saturated heterocycles. The number of ether oxygens (including phenoxy) is 1. The maximum absolute atomic E-state index is 14.0. The number of likely N-dealkylation sites (tertiary alicyclic amines) is 1. The molecule has 0 bridgehead atoms. The molecular formula is C31H29F2N7O2. The van der Waals surface area contributed by atoms with Crippen molar-refractivity contribution in [2.75, 3.05) is 32.4 Å². The quantitative estimate of drug-likeness (QED) is 0.288. The minimum Gasteiger partial charge on any atom is -0.433 e. The second-order valence-corrected chi connectivity index (χ2v) is 11.1. The van der Waals surface area contributed by atoms with Gasteiger partial charge in [-0.15, -0.1) is 0 Å². The van der Waals surface area contributed by atoms with Crippen molar-refractivity contribution in [1.82, 2.24) is 29.5 Å². The van der Waals surface area contributed by atoms with Gasteiger partial charge in [0.25, 0.3) is 0 Å². The molecule has 214 valence electrons. The van der Waals surface area contributed by atoms with Crippen LogP contribution in [0.3, 0.4) is 0 Å². The molecule has 3 N–H and O–H groups in total. The lowest BCUT2D eigenvalue weighted by atomic mass is 9.95. The van der Waals surface area contributed by atoms with Crippen molar-refractivity contribution in [1.29, 1.82) is 0 Å². The molecule has 1 fully saturated rings. The average Bonchev–Trinajstić information content (AvgIpc) is 3.54. The molecule has 2 aliphatic heterocycles. The van der Waals surface area contributed by atoms with Gasteiger partial charge in [0.2, 0.25) is 17.4 Å². The van der Waals surface area contributed by atoms with Gasteiger partial charge in [-0.2, -0.15) is 5.10 Å². The first-order chi connectivity index (χ1) is 20.2. The van der Waals surface area contributed by atoms with Crippen LogP contribution in [0.1, 0.15) is 32.7 Å². The Morgan fingerprint density at radius 2 is 1.88 bits per heavy atom. The molecule has 0 spiro atoms. The van der Waals surface area contributed by atoms with E-state index < -0.39 is 17.4 Å². The van der Waals surface area contributed by atoms with Crippen LogP contribution in [0.2, 0.25) is 0 Å². The molecule has 3 aromatic heterocycles. The fraction of sp³-hybridized carbons (Fsp3) is 0.258. The summed E-state index contributed by atoms with van der Waals surface area (Å²) in [5, 5.41) is 5.33. The number of hydrogen-bond acceptors (Lipinski definition) is 7. The first-order valence-corrected chi connectivity index (χ1v) is 13.8. The number of anilines is 1. The Bertz CT molecular complexity index is 1840. The van der Waals surface area contributed by atoms with E-state index in [1.54, 1.807) is 6.92 Å². The largest absolute Gasteiger partial charge is 0.433 e. The number of carbonyl (C=O) groups is 1. The number of para-hydroxylation sites is 1. The van der Waals surface area contributed by atoms with Crippen LogP contribution in [0.15, 0.2) is 54.9 Å². The van der Waals surface area contributed by atoms with E-state index in [4.69, 9.17) is 10.5 Å². The van der Waals surface area contributed by atoms with E-state index in [1.165, 1.54) is 40.3 Å². The third-order valence-electron chi connectivity index (χ3n) is 8.25. The number of carbonyl (C=O) groups excluding carboxylic acids is 1. The second-order valence-electron chi connectivity index (χ2n) is 11.1. The first kappa shape index (κ1) is 26.3. The molecule has 5 aromatic rings. The minimum atomic E-state index is -0.834. The van der Waals surface area contributed by atoms with E-state index in [9.17, 15) is 13.6 Å². The summed E-state index contributed by atoms with van der Waals surface area (Å²) < 4.78 is 34.8. The highest BCUT2D eigenvalue weighted by molar-refractivity contribution is 6.12. The van der Waals surface area contributed by atoms with Crippen LogP contribution in [0, 0.1) is 18.6 Å². The van der Waals surface area contributed by atoms with Crippen LogP contribution in [0.5, 0.6) is 11.6 Å². The Labute approximate surface area is 240 Å². The number of nitrogens with two attached hydrogens (primary N) is 1. The molecule has 5 heterocycles. The van der Waals surface area contributed by atoms with Gasteiger partial charge < -0.3 is 20.4 Å². The number of aromatic nitrogens is 4. The molecule has 2 aromatic carbocycles. The van der Waals surface area contributed by atoms with Gasteiger partial charge >= 0.3 is 0 Å². The number of pyridine rings is 1. The van der Waals surface area contributed by atoms with E-state index in [0.717, 1.165) is 55.6 Å². The van der Waals surface area contributed by atoms with Gasteiger partial charge in [-0.25, -0.2) is 18.4 Å². The van der Waals surface area contributed by atoms with Gasteiger partial charge in [-0.3, -0.25) is 9.69 Å². The standard InChI is InChI=1S/C31H29F2N7O2/c1-17-8-28(42-30-23(32)4-3-5-24(30)33)35-13-27(17)40-31(34)22(12-36-40)29(41)26-10-19-9-18-6-7-39(21-15-38(2)16-21)14-20(18)11-25(19)37-26/h3-5,8-13,21,37H,6-7,14-16,34H2,1-2H3. The Kier molecular flexibility index (Phi) is 6.28. The minimum absolute atomic E-state index is 0.00573. The van der Waals surface area contributed by atoms with Crippen molar-refractivity contribution in [2.24, 2.45) is 0 Å². The maximum atomic E-state index is 14.0. The van der Waals surface area contributed by atoms with Gasteiger partial charge in [0.05, 0.1) is 29.3 Å². The number of nitrogen functional groups attached to an aromatic ring is 1. The monoisotopic (exact) mass is 569 g/mol. The molecule has 0 radical (unpaired) electrons. The number of rotatable bonds is 6. The fourth-order valence-electron chi connectivity index (χ4n) is 5.90. The summed E-state index contributed by atoms with van der Waals surface area (Å²) in [5.74, 6) is -2.32. The molecule has 0 amide bonds. The summed E-state index contributed by atoms with van der Waals surface area (Å²) in [7, 11) is 2.15. The Morgan fingerprint density at radius 1 is 1.10 bits per heavy atom. The molecule has 7 rings (SSSR count). The zero-order valence-corrected chi connectivity index (χ0v) is 23.2. The predicted molar refractivity (Wildman–Crippen MR) is 154 cm³/mol. The molecule has 42 heavy (non-hydrogen) atoms. The normalized spacial score (nSPS) is 16.0. The molecule has 0 atom stereocenters. The number of aryl methyl sites for hydroxylation is 1. The number of ketones is 1. The smallest absolute Gasteiger partial charge is 0.219 e. The zero-order valence-electron chi connectivity index (χ0n) is 23.2. The van der Waals surface area contributed by atoms with Crippen LogP contribution in [-0.2, 0) is 13.0 Å². The molecule has 9 nitrogen and oxygen atoms in total. The second kappa shape index (κ2) is 10.0. The van der Waals surface area contributed by atoms with Gasteiger partial charge in [0.1, 0.15) is 5.82 Å². The van der Waals surface area contributed by atoms with Crippen LogP contribution in [-0.4, -0.2) is 68.1 Å². The van der Waals surface area contributed by atoms with E-state index in [2.05, 4.69) is 44.0 Å². The molecule has 2 aliphatic rings. The third-order valence-corrected chi connectivity index (χ3v) is 8.25. The summed E-state index contributed by atoms with van der Waals surface area (Å²) in [6, 6.07) is 11.8. The highest BCUT2D eigenvalue weighted by Crippen LogP contribution is 2.31. The Balaban J connectivity index is 1.12. The number of nitrogens with one attached hydrogen (secondary N) is 1. The molecule has 11 heteroatoms. The molecule has 0 unspecified atom stereocenters. The van der Waals surface area contributed by atoms with Crippen molar-refractivity contribution in [3.63, 3.8) is 0 Å².